The van der Waals surface area contributed by atoms with Crippen LogP contribution in [0, 0.1) is 0 Å². The summed E-state index contributed by atoms with van der Waals surface area (Å²) in [6.07, 6.45) is 0.782. The molecule has 0 saturated carbocycles. The third-order valence-corrected chi connectivity index (χ3v) is 8.39. The van der Waals surface area contributed by atoms with Gasteiger partial charge in [0.1, 0.15) is 12.6 Å². The smallest absolute Gasteiger partial charge is 0.264 e. The van der Waals surface area contributed by atoms with Gasteiger partial charge in [0.25, 0.3) is 10.0 Å². The van der Waals surface area contributed by atoms with Crippen molar-refractivity contribution in [2.75, 3.05) is 17.9 Å². The summed E-state index contributed by atoms with van der Waals surface area (Å²) in [5.41, 5.74) is 1.94. The van der Waals surface area contributed by atoms with Crippen molar-refractivity contribution in [2.24, 2.45) is 0 Å². The molecule has 0 heterocycles. The Balaban J connectivity index is 2.04. The Labute approximate surface area is 228 Å². The highest BCUT2D eigenvalue weighted by atomic mass is 35.5. The van der Waals surface area contributed by atoms with Crippen LogP contribution in [0.5, 0.6) is 0 Å². The number of rotatable bonds is 10. The fourth-order valence-corrected chi connectivity index (χ4v) is 5.67. The first-order valence-corrected chi connectivity index (χ1v) is 13.9. The van der Waals surface area contributed by atoms with Crippen LogP contribution in [0.2, 0.25) is 10.0 Å². The number of likely N-dealkylation sites (N-methyl/N-ethyl adjacent to an activating group) is 1. The summed E-state index contributed by atoms with van der Waals surface area (Å²) < 4.78 is 28.5. The molecular formula is C27H29Cl2N3O4S. The molecule has 7 nitrogen and oxygen atoms in total. The molecule has 0 spiro atoms. The number of aryl methyl sites for hydroxylation is 1. The number of amides is 2. The Hall–Kier alpha value is -3.07. The maximum Gasteiger partial charge on any atom is 0.264 e. The lowest BCUT2D eigenvalue weighted by atomic mass is 10.1. The summed E-state index contributed by atoms with van der Waals surface area (Å²) in [7, 11) is -2.63. The van der Waals surface area contributed by atoms with Crippen LogP contribution in [-0.2, 0) is 32.6 Å². The van der Waals surface area contributed by atoms with Crippen LogP contribution in [0.4, 0.5) is 5.69 Å². The van der Waals surface area contributed by atoms with E-state index >= 15 is 0 Å². The minimum absolute atomic E-state index is 0.0164. The molecule has 3 aromatic carbocycles. The quantitative estimate of drug-likeness (QED) is 0.380. The van der Waals surface area contributed by atoms with Crippen molar-refractivity contribution in [2.45, 2.75) is 37.8 Å². The number of nitrogens with zero attached hydrogens (tertiary/aromatic N) is 2. The number of hydrogen-bond acceptors (Lipinski definition) is 4. The molecule has 10 heteroatoms. The molecular weight excluding hydrogens is 533 g/mol. The molecule has 2 amide bonds. The number of halogens is 2. The van der Waals surface area contributed by atoms with E-state index in [1.54, 1.807) is 55.5 Å². The number of carbonyl (C=O) groups is 2. The maximum atomic E-state index is 13.7. The highest BCUT2D eigenvalue weighted by Crippen LogP contribution is 2.26. The summed E-state index contributed by atoms with van der Waals surface area (Å²) in [4.78, 5) is 27.6. The summed E-state index contributed by atoms with van der Waals surface area (Å²) in [5.74, 6) is -0.968. The van der Waals surface area contributed by atoms with Gasteiger partial charge in [0.05, 0.1) is 10.6 Å². The van der Waals surface area contributed by atoms with Crippen molar-refractivity contribution in [3.8, 4) is 0 Å². The van der Waals surface area contributed by atoms with Crippen molar-refractivity contribution in [1.82, 2.24) is 10.2 Å². The average Bonchev–Trinajstić information content (AvgIpc) is 2.90. The monoisotopic (exact) mass is 561 g/mol. The second kappa shape index (κ2) is 12.4. The van der Waals surface area contributed by atoms with Gasteiger partial charge in [-0.05, 0) is 60.9 Å². The molecule has 0 aliphatic heterocycles. The summed E-state index contributed by atoms with van der Waals surface area (Å²) in [6, 6.07) is 18.9. The minimum atomic E-state index is -4.10. The van der Waals surface area contributed by atoms with Crippen molar-refractivity contribution in [1.29, 1.82) is 0 Å². The third-order valence-electron chi connectivity index (χ3n) is 6.01. The molecule has 3 rings (SSSR count). The van der Waals surface area contributed by atoms with Gasteiger partial charge in [-0.1, -0.05) is 66.5 Å². The number of sulfonamides is 1. The van der Waals surface area contributed by atoms with Gasteiger partial charge in [-0.3, -0.25) is 13.9 Å². The van der Waals surface area contributed by atoms with E-state index in [1.807, 2.05) is 19.1 Å². The van der Waals surface area contributed by atoms with E-state index in [2.05, 4.69) is 5.32 Å². The molecule has 0 bridgehead atoms. The van der Waals surface area contributed by atoms with Crippen LogP contribution in [0.25, 0.3) is 0 Å². The lowest BCUT2D eigenvalue weighted by Gasteiger charge is -2.32. The first kappa shape index (κ1) is 28.5. The number of hydrogen-bond donors (Lipinski definition) is 1. The highest BCUT2D eigenvalue weighted by Gasteiger charge is 2.32. The Morgan fingerprint density at radius 1 is 0.973 bits per heavy atom. The predicted molar refractivity (Wildman–Crippen MR) is 147 cm³/mol. The van der Waals surface area contributed by atoms with Gasteiger partial charge in [-0.25, -0.2) is 8.42 Å². The maximum absolute atomic E-state index is 13.7. The SMILES string of the molecule is CCc1ccc(N(CC(=O)N(Cc2ccc(Cl)cc2Cl)C(C)C(=O)NC)S(=O)(=O)c2ccccc2)cc1. The number of benzene rings is 3. The molecule has 3 aromatic rings. The van der Waals surface area contributed by atoms with Crippen LogP contribution in [0.1, 0.15) is 25.0 Å². The second-order valence-corrected chi connectivity index (χ2v) is 11.1. The van der Waals surface area contributed by atoms with E-state index in [9.17, 15) is 18.0 Å². The standard InChI is InChI=1S/C27H29Cl2N3O4S/c1-4-20-10-14-23(15-11-20)32(37(35,36)24-8-6-5-7-9-24)18-26(33)31(19(2)27(34)30-3)17-21-12-13-22(28)16-25(21)29/h5-16,19H,4,17-18H2,1-3H3,(H,30,34). The fraction of sp³-hybridized carbons (Fsp3) is 0.259. The van der Waals surface area contributed by atoms with Crippen molar-refractivity contribution >= 4 is 50.7 Å². The van der Waals surface area contributed by atoms with Crippen LogP contribution < -0.4 is 9.62 Å². The third kappa shape index (κ3) is 6.83. The van der Waals surface area contributed by atoms with Gasteiger partial charge in [0.15, 0.2) is 0 Å². The van der Waals surface area contributed by atoms with Crippen molar-refractivity contribution in [3.63, 3.8) is 0 Å². The zero-order valence-electron chi connectivity index (χ0n) is 20.8. The van der Waals surface area contributed by atoms with Gasteiger partial charge in [-0.15, -0.1) is 0 Å². The van der Waals surface area contributed by atoms with Gasteiger partial charge < -0.3 is 10.2 Å². The molecule has 0 saturated heterocycles. The topological polar surface area (TPSA) is 86.8 Å². The first-order valence-electron chi connectivity index (χ1n) is 11.7. The molecule has 1 unspecified atom stereocenters. The lowest BCUT2D eigenvalue weighted by Crippen LogP contribution is -2.50. The van der Waals surface area contributed by atoms with E-state index < -0.39 is 34.4 Å². The average molecular weight is 563 g/mol. The normalized spacial score (nSPS) is 12.0. The van der Waals surface area contributed by atoms with E-state index in [4.69, 9.17) is 23.2 Å². The van der Waals surface area contributed by atoms with Crippen LogP contribution in [0.15, 0.2) is 77.7 Å². The largest absolute Gasteiger partial charge is 0.357 e. The van der Waals surface area contributed by atoms with E-state index in [-0.39, 0.29) is 11.4 Å². The molecule has 0 aliphatic carbocycles. The predicted octanol–water partition coefficient (Wildman–Crippen LogP) is 4.91. The highest BCUT2D eigenvalue weighted by molar-refractivity contribution is 7.92. The zero-order valence-corrected chi connectivity index (χ0v) is 23.1. The van der Waals surface area contributed by atoms with Crippen LogP contribution in [-0.4, -0.2) is 44.8 Å². The van der Waals surface area contributed by atoms with Gasteiger partial charge >= 0.3 is 0 Å². The summed E-state index contributed by atoms with van der Waals surface area (Å²) in [6.45, 7) is 3.04. The molecule has 1 atom stereocenters. The second-order valence-electron chi connectivity index (χ2n) is 8.39. The molecule has 0 aromatic heterocycles. The fourth-order valence-electron chi connectivity index (χ4n) is 3.77. The lowest BCUT2D eigenvalue weighted by molar-refractivity contribution is -0.139. The molecule has 0 aliphatic rings. The summed E-state index contributed by atoms with van der Waals surface area (Å²) in [5, 5.41) is 3.31. The van der Waals surface area contributed by atoms with E-state index in [1.165, 1.54) is 24.1 Å². The molecule has 1 N–H and O–H groups in total. The Morgan fingerprint density at radius 3 is 2.19 bits per heavy atom. The van der Waals surface area contributed by atoms with Crippen molar-refractivity contribution < 1.29 is 18.0 Å². The Kier molecular flexibility index (Phi) is 9.59. The molecule has 196 valence electrons. The Bertz CT molecular complexity index is 1350. The number of carbonyl (C=O) groups excluding carboxylic acids is 2. The van der Waals surface area contributed by atoms with E-state index in [0.29, 0.717) is 21.3 Å². The molecule has 0 radical (unpaired) electrons. The van der Waals surface area contributed by atoms with Gasteiger partial charge in [-0.2, -0.15) is 0 Å². The van der Waals surface area contributed by atoms with Gasteiger partial charge in [0.2, 0.25) is 11.8 Å². The van der Waals surface area contributed by atoms with Crippen LogP contribution >= 0.6 is 23.2 Å². The zero-order chi connectivity index (χ0) is 27.2. The first-order chi connectivity index (χ1) is 17.6. The van der Waals surface area contributed by atoms with Gasteiger partial charge in [0, 0.05) is 23.6 Å². The molecule has 37 heavy (non-hydrogen) atoms. The summed E-state index contributed by atoms with van der Waals surface area (Å²) >= 11 is 12.4. The Morgan fingerprint density at radius 2 is 1.62 bits per heavy atom. The minimum Gasteiger partial charge on any atom is -0.357 e. The molecule has 0 fully saturated rings. The van der Waals surface area contributed by atoms with Crippen LogP contribution in [0.3, 0.4) is 0 Å². The number of anilines is 1. The van der Waals surface area contributed by atoms with E-state index in [0.717, 1.165) is 16.3 Å². The number of nitrogens with one attached hydrogen (secondary N) is 1. The van der Waals surface area contributed by atoms with Crippen molar-refractivity contribution in [3.05, 3.63) is 94.0 Å².